The first-order valence-electron chi connectivity index (χ1n) is 24.4. The largest absolute Gasteiger partial charge is 0.480 e. The molecule has 348 valence electrons. The standard InChI is InChI=1S/C28H45NO4.C24H37NO4/c1-4-7-8-9-10-11-12-13-14-24-15-17-25(18-16-24)23-29-21-19-28(20-22-29,26(30)32-5-2)27(31)33-6-3;1-2-3-4-5-6-7-8-9-10-20-11-13-21(14-12-20)19-25-17-15-24(16-18-25,22(26)27)23(28)29/h15-18H,4-14,19-23H2,1-3H3;11-14H,2-10,15-19H2,1H3,(H,26,27)(H,28,29). The number of aryl methyl sites for hydroxylation is 2. The molecule has 0 unspecified atom stereocenters. The molecule has 10 heteroatoms. The van der Waals surface area contributed by atoms with Gasteiger partial charge in [0.2, 0.25) is 0 Å². The van der Waals surface area contributed by atoms with Gasteiger partial charge in [0.15, 0.2) is 10.8 Å². The first-order valence-corrected chi connectivity index (χ1v) is 24.4. The Morgan fingerprint density at radius 3 is 1.05 bits per heavy atom. The van der Waals surface area contributed by atoms with Gasteiger partial charge < -0.3 is 19.7 Å². The molecule has 0 saturated carbocycles. The zero-order valence-electron chi connectivity index (χ0n) is 39.1. The van der Waals surface area contributed by atoms with Gasteiger partial charge in [-0.25, -0.2) is 0 Å². The summed E-state index contributed by atoms with van der Waals surface area (Å²) in [7, 11) is 0. The Morgan fingerprint density at radius 1 is 0.452 bits per heavy atom. The van der Waals surface area contributed by atoms with E-state index in [2.05, 4.69) is 72.2 Å². The highest BCUT2D eigenvalue weighted by Gasteiger charge is 2.51. The van der Waals surface area contributed by atoms with Crippen LogP contribution < -0.4 is 0 Å². The number of carbonyl (C=O) groups is 4. The highest BCUT2D eigenvalue weighted by molar-refractivity contribution is 6.00. The number of benzene rings is 2. The average molecular weight is 863 g/mol. The first-order chi connectivity index (χ1) is 30.0. The summed E-state index contributed by atoms with van der Waals surface area (Å²) in [5, 5.41) is 18.6. The van der Waals surface area contributed by atoms with Crippen molar-refractivity contribution in [3.05, 3.63) is 70.8 Å². The van der Waals surface area contributed by atoms with Crippen LogP contribution in [0.25, 0.3) is 0 Å². The van der Waals surface area contributed by atoms with Crippen LogP contribution in [-0.2, 0) is 54.6 Å². The van der Waals surface area contributed by atoms with Crippen LogP contribution in [0, 0.1) is 10.8 Å². The van der Waals surface area contributed by atoms with Crippen molar-refractivity contribution in [3.63, 3.8) is 0 Å². The molecular weight excluding hydrogens is 781 g/mol. The van der Waals surface area contributed by atoms with E-state index < -0.39 is 34.7 Å². The fourth-order valence-corrected chi connectivity index (χ4v) is 8.80. The van der Waals surface area contributed by atoms with E-state index in [1.165, 1.54) is 125 Å². The predicted octanol–water partition coefficient (Wildman–Crippen LogP) is 11.2. The average Bonchev–Trinajstić information content (AvgIpc) is 3.27. The van der Waals surface area contributed by atoms with Gasteiger partial charge in [0.25, 0.3) is 0 Å². The molecule has 62 heavy (non-hydrogen) atoms. The summed E-state index contributed by atoms with van der Waals surface area (Å²) in [4.78, 5) is 52.4. The number of unbranched alkanes of at least 4 members (excludes halogenated alkanes) is 14. The molecule has 2 fully saturated rings. The SMILES string of the molecule is CCCCCCCCCCc1ccc(CN2CCC(C(=O)O)(C(=O)O)CC2)cc1.CCCCCCCCCCc1ccc(CN2CCC(C(=O)OCC)(C(=O)OCC)CC2)cc1. The number of carboxylic acid groups (broad SMARTS) is 2. The number of rotatable bonds is 28. The maximum absolute atomic E-state index is 12.6. The third-order valence-electron chi connectivity index (χ3n) is 13.1. The number of aliphatic carboxylic acids is 2. The third kappa shape index (κ3) is 17.8. The van der Waals surface area contributed by atoms with Crippen molar-refractivity contribution in [2.24, 2.45) is 10.8 Å². The van der Waals surface area contributed by atoms with Crippen molar-refractivity contribution >= 4 is 23.9 Å². The molecule has 0 aromatic heterocycles. The molecular formula is C52H82N2O8. The molecule has 4 rings (SSSR count). The monoisotopic (exact) mass is 863 g/mol. The number of carbonyl (C=O) groups excluding carboxylic acids is 2. The number of piperidine rings is 2. The minimum absolute atomic E-state index is 0.161. The Morgan fingerprint density at radius 2 is 0.742 bits per heavy atom. The number of nitrogens with zero attached hydrogens (tertiary/aromatic N) is 2. The van der Waals surface area contributed by atoms with Gasteiger partial charge in [-0.2, -0.15) is 0 Å². The highest BCUT2D eigenvalue weighted by Crippen LogP contribution is 2.36. The lowest BCUT2D eigenvalue weighted by molar-refractivity contribution is -0.176. The lowest BCUT2D eigenvalue weighted by atomic mass is 9.78. The maximum atomic E-state index is 12.6. The van der Waals surface area contributed by atoms with Crippen LogP contribution in [0.15, 0.2) is 48.5 Å². The fourth-order valence-electron chi connectivity index (χ4n) is 8.80. The summed E-state index contributed by atoms with van der Waals surface area (Å²) in [6, 6.07) is 17.6. The highest BCUT2D eigenvalue weighted by atomic mass is 16.6. The second-order valence-corrected chi connectivity index (χ2v) is 17.9. The summed E-state index contributed by atoms with van der Waals surface area (Å²) in [5.41, 5.74) is 2.48. The van der Waals surface area contributed by atoms with Crippen LogP contribution in [0.5, 0.6) is 0 Å². The minimum atomic E-state index is -1.61. The van der Waals surface area contributed by atoms with Crippen LogP contribution in [0.1, 0.15) is 178 Å². The van der Waals surface area contributed by atoms with Crippen molar-refractivity contribution in [1.82, 2.24) is 9.80 Å². The smallest absolute Gasteiger partial charge is 0.323 e. The van der Waals surface area contributed by atoms with Crippen LogP contribution in [0.3, 0.4) is 0 Å². The molecule has 0 aliphatic carbocycles. The van der Waals surface area contributed by atoms with Gasteiger partial charge >= 0.3 is 23.9 Å². The van der Waals surface area contributed by atoms with Crippen molar-refractivity contribution in [2.75, 3.05) is 39.4 Å². The van der Waals surface area contributed by atoms with Crippen molar-refractivity contribution in [2.45, 2.75) is 182 Å². The van der Waals surface area contributed by atoms with Gasteiger partial charge in [-0.05, 0) is 87.5 Å². The number of likely N-dealkylation sites (tertiary alicyclic amines) is 2. The lowest BCUT2D eigenvalue weighted by Crippen LogP contribution is -2.50. The zero-order chi connectivity index (χ0) is 45.1. The second kappa shape index (κ2) is 29.6. The predicted molar refractivity (Wildman–Crippen MR) is 248 cm³/mol. The van der Waals surface area contributed by atoms with Gasteiger partial charge in [0.05, 0.1) is 13.2 Å². The Labute approximate surface area is 374 Å². The van der Waals surface area contributed by atoms with Crippen LogP contribution in [0.4, 0.5) is 0 Å². The number of carboxylic acids is 2. The molecule has 0 amide bonds. The van der Waals surface area contributed by atoms with Crippen molar-refractivity contribution < 1.29 is 38.9 Å². The number of esters is 2. The minimum Gasteiger partial charge on any atom is -0.480 e. The molecule has 2 saturated heterocycles. The van der Waals surface area contributed by atoms with Crippen molar-refractivity contribution in [3.8, 4) is 0 Å². The molecule has 2 heterocycles. The topological polar surface area (TPSA) is 134 Å². The summed E-state index contributed by atoms with van der Waals surface area (Å²) in [6.07, 6.45) is 25.0. The first kappa shape index (κ1) is 52.6. The summed E-state index contributed by atoms with van der Waals surface area (Å²) in [6.45, 7) is 12.5. The van der Waals surface area contributed by atoms with E-state index in [1.54, 1.807) is 13.8 Å². The van der Waals surface area contributed by atoms with E-state index in [0.717, 1.165) is 25.9 Å². The lowest BCUT2D eigenvalue weighted by Gasteiger charge is -2.38. The summed E-state index contributed by atoms with van der Waals surface area (Å²) < 4.78 is 10.5. The molecule has 2 aromatic rings. The molecule has 0 spiro atoms. The molecule has 0 bridgehead atoms. The molecule has 10 nitrogen and oxygen atoms in total. The summed E-state index contributed by atoms with van der Waals surface area (Å²) >= 11 is 0. The Hall–Kier alpha value is -3.76. The van der Waals surface area contributed by atoms with Crippen molar-refractivity contribution in [1.29, 1.82) is 0 Å². The molecule has 2 aromatic carbocycles. The Balaban J connectivity index is 0.000000333. The van der Waals surface area contributed by atoms with Gasteiger partial charge in [-0.1, -0.05) is 152 Å². The summed E-state index contributed by atoms with van der Waals surface area (Å²) in [5.74, 6) is -3.30. The van der Waals surface area contributed by atoms with Gasteiger partial charge in [-0.15, -0.1) is 0 Å². The van der Waals surface area contributed by atoms with E-state index in [0.29, 0.717) is 39.0 Å². The number of ether oxygens (including phenoxy) is 2. The molecule has 2 aliphatic rings. The normalized spacial score (nSPS) is 16.2. The zero-order valence-corrected chi connectivity index (χ0v) is 39.1. The Kier molecular flexibility index (Phi) is 25.1. The van der Waals surface area contributed by atoms with Crippen LogP contribution in [-0.4, -0.2) is 83.3 Å². The second-order valence-electron chi connectivity index (χ2n) is 17.9. The van der Waals surface area contributed by atoms with Crippen LogP contribution >= 0.6 is 0 Å². The fraction of sp³-hybridized carbons (Fsp3) is 0.692. The maximum Gasteiger partial charge on any atom is 0.323 e. The molecule has 2 aliphatic heterocycles. The van der Waals surface area contributed by atoms with E-state index >= 15 is 0 Å². The molecule has 0 atom stereocenters. The number of hydrogen-bond donors (Lipinski definition) is 2. The molecule has 0 radical (unpaired) electrons. The van der Waals surface area contributed by atoms with E-state index in [1.807, 2.05) is 0 Å². The van der Waals surface area contributed by atoms with Crippen LogP contribution in [0.2, 0.25) is 0 Å². The van der Waals surface area contributed by atoms with E-state index in [9.17, 15) is 29.4 Å². The molecule has 2 N–H and O–H groups in total. The number of hydrogen-bond acceptors (Lipinski definition) is 8. The van der Waals surface area contributed by atoms with E-state index in [-0.39, 0.29) is 26.1 Å². The third-order valence-corrected chi connectivity index (χ3v) is 13.1. The van der Waals surface area contributed by atoms with Gasteiger partial charge in [0.1, 0.15) is 0 Å². The quantitative estimate of drug-likeness (QED) is 0.0484. The Bertz CT molecular complexity index is 1520. The van der Waals surface area contributed by atoms with E-state index in [4.69, 9.17) is 9.47 Å². The van der Waals surface area contributed by atoms with Gasteiger partial charge in [-0.3, -0.25) is 29.0 Å². The van der Waals surface area contributed by atoms with Gasteiger partial charge in [0, 0.05) is 39.3 Å².